The minimum absolute atomic E-state index is 0.101. The van der Waals surface area contributed by atoms with E-state index < -0.39 is 23.2 Å². The van der Waals surface area contributed by atoms with Crippen LogP contribution in [0.15, 0.2) is 69.7 Å². The molecule has 2 aromatic carbocycles. The SMILES string of the molecule is C=Cc1c(NC(C)=NCC(OCC(C)C)c2cccc(O)c2)[nH]c(=O)n(-c2cccc(F)c2)c1=O. The van der Waals surface area contributed by atoms with Crippen LogP contribution in [0.5, 0.6) is 5.75 Å². The summed E-state index contributed by atoms with van der Waals surface area (Å²) in [6.07, 6.45) is 0.908. The molecule has 35 heavy (non-hydrogen) atoms. The first-order valence-electron chi connectivity index (χ1n) is 11.2. The smallest absolute Gasteiger partial charge is 0.334 e. The second-order valence-corrected chi connectivity index (χ2v) is 8.41. The number of benzene rings is 2. The largest absolute Gasteiger partial charge is 0.508 e. The Morgan fingerprint density at radius 1 is 1.26 bits per heavy atom. The Morgan fingerprint density at radius 3 is 2.66 bits per heavy atom. The monoisotopic (exact) mass is 480 g/mol. The van der Waals surface area contributed by atoms with Gasteiger partial charge in [0, 0.05) is 6.61 Å². The molecule has 8 nitrogen and oxygen atoms in total. The molecule has 1 atom stereocenters. The van der Waals surface area contributed by atoms with Crippen molar-refractivity contribution in [2.75, 3.05) is 18.5 Å². The molecule has 0 saturated heterocycles. The molecule has 184 valence electrons. The van der Waals surface area contributed by atoms with Gasteiger partial charge in [-0.3, -0.25) is 14.8 Å². The van der Waals surface area contributed by atoms with Crippen molar-refractivity contribution in [3.05, 3.63) is 92.9 Å². The Bertz CT molecular complexity index is 1340. The van der Waals surface area contributed by atoms with E-state index in [1.54, 1.807) is 25.1 Å². The van der Waals surface area contributed by atoms with E-state index in [0.29, 0.717) is 18.4 Å². The van der Waals surface area contributed by atoms with Crippen LogP contribution in [0.2, 0.25) is 0 Å². The molecule has 0 aliphatic heterocycles. The first-order valence-corrected chi connectivity index (χ1v) is 11.2. The number of anilines is 1. The van der Waals surface area contributed by atoms with E-state index in [1.807, 2.05) is 19.9 Å². The fraction of sp³-hybridized carbons (Fsp3) is 0.269. The van der Waals surface area contributed by atoms with Crippen molar-refractivity contribution >= 4 is 17.7 Å². The summed E-state index contributed by atoms with van der Waals surface area (Å²) in [5.74, 6) is 0.417. The van der Waals surface area contributed by atoms with Crippen molar-refractivity contribution in [1.29, 1.82) is 0 Å². The summed E-state index contributed by atoms with van der Waals surface area (Å²) in [7, 11) is 0. The molecule has 1 unspecified atom stereocenters. The lowest BCUT2D eigenvalue weighted by molar-refractivity contribution is 0.0408. The molecule has 3 rings (SSSR count). The number of amidine groups is 1. The van der Waals surface area contributed by atoms with Gasteiger partial charge in [-0.15, -0.1) is 0 Å². The number of hydrogen-bond donors (Lipinski definition) is 3. The van der Waals surface area contributed by atoms with Crippen molar-refractivity contribution in [1.82, 2.24) is 9.55 Å². The van der Waals surface area contributed by atoms with Gasteiger partial charge < -0.3 is 15.2 Å². The number of ether oxygens (including phenoxy) is 1. The molecule has 0 spiro atoms. The molecule has 3 N–H and O–H groups in total. The van der Waals surface area contributed by atoms with E-state index in [2.05, 4.69) is 21.9 Å². The Hall–Kier alpha value is -3.98. The average Bonchev–Trinajstić information content (AvgIpc) is 2.79. The van der Waals surface area contributed by atoms with E-state index in [0.717, 1.165) is 16.2 Å². The minimum Gasteiger partial charge on any atom is -0.508 e. The Labute approximate surface area is 202 Å². The number of nitrogens with zero attached hydrogens (tertiary/aromatic N) is 2. The summed E-state index contributed by atoms with van der Waals surface area (Å²) >= 11 is 0. The zero-order chi connectivity index (χ0) is 25.5. The summed E-state index contributed by atoms with van der Waals surface area (Å²) in [5.41, 5.74) is -0.404. The Balaban J connectivity index is 1.88. The van der Waals surface area contributed by atoms with Crippen molar-refractivity contribution in [2.24, 2.45) is 10.9 Å². The van der Waals surface area contributed by atoms with Gasteiger partial charge in [-0.05, 0) is 48.7 Å². The molecule has 0 bridgehead atoms. The predicted molar refractivity (Wildman–Crippen MR) is 136 cm³/mol. The zero-order valence-electron chi connectivity index (χ0n) is 19.9. The first-order chi connectivity index (χ1) is 16.7. The molecular weight excluding hydrogens is 451 g/mol. The van der Waals surface area contributed by atoms with Gasteiger partial charge in [0.15, 0.2) is 0 Å². The van der Waals surface area contributed by atoms with Gasteiger partial charge in [-0.1, -0.05) is 44.7 Å². The van der Waals surface area contributed by atoms with Gasteiger partial charge in [0.05, 0.1) is 23.6 Å². The van der Waals surface area contributed by atoms with Crippen LogP contribution >= 0.6 is 0 Å². The number of hydrogen-bond acceptors (Lipinski definition) is 5. The van der Waals surface area contributed by atoms with Crippen molar-refractivity contribution in [3.8, 4) is 11.4 Å². The van der Waals surface area contributed by atoms with Gasteiger partial charge in [0.1, 0.15) is 23.5 Å². The van der Waals surface area contributed by atoms with Gasteiger partial charge >= 0.3 is 5.69 Å². The molecule has 0 amide bonds. The minimum atomic E-state index is -0.737. The van der Waals surface area contributed by atoms with Crippen LogP contribution in [0.4, 0.5) is 10.2 Å². The summed E-state index contributed by atoms with van der Waals surface area (Å²) in [5, 5.41) is 12.8. The predicted octanol–water partition coefficient (Wildman–Crippen LogP) is 4.26. The summed E-state index contributed by atoms with van der Waals surface area (Å²) in [4.78, 5) is 32.8. The highest BCUT2D eigenvalue weighted by Gasteiger charge is 2.16. The summed E-state index contributed by atoms with van der Waals surface area (Å²) in [6.45, 7) is 10.2. The van der Waals surface area contributed by atoms with E-state index in [4.69, 9.17) is 4.74 Å². The second kappa shape index (κ2) is 11.4. The number of aromatic nitrogens is 2. The topological polar surface area (TPSA) is 109 Å². The van der Waals surface area contributed by atoms with Crippen LogP contribution in [-0.2, 0) is 4.74 Å². The number of rotatable bonds is 9. The first kappa shape index (κ1) is 25.6. The van der Waals surface area contributed by atoms with E-state index in [-0.39, 0.29) is 29.4 Å². The highest BCUT2D eigenvalue weighted by atomic mass is 19.1. The molecule has 0 aliphatic rings. The molecule has 0 saturated carbocycles. The van der Waals surface area contributed by atoms with E-state index >= 15 is 0 Å². The highest BCUT2D eigenvalue weighted by Crippen LogP contribution is 2.23. The van der Waals surface area contributed by atoms with Gasteiger partial charge in [-0.25, -0.2) is 13.8 Å². The van der Waals surface area contributed by atoms with Gasteiger partial charge in [-0.2, -0.15) is 0 Å². The maximum atomic E-state index is 13.6. The van der Waals surface area contributed by atoms with Crippen LogP contribution in [-0.4, -0.2) is 33.6 Å². The van der Waals surface area contributed by atoms with Gasteiger partial charge in [0.2, 0.25) is 0 Å². The quantitative estimate of drug-likeness (QED) is 0.313. The van der Waals surface area contributed by atoms with E-state index in [9.17, 15) is 19.1 Å². The number of H-pyrrole nitrogens is 1. The van der Waals surface area contributed by atoms with Crippen LogP contribution < -0.4 is 16.6 Å². The third-order valence-corrected chi connectivity index (χ3v) is 5.08. The molecule has 0 fully saturated rings. The van der Waals surface area contributed by atoms with Crippen molar-refractivity contribution in [3.63, 3.8) is 0 Å². The lowest BCUT2D eigenvalue weighted by atomic mass is 10.1. The number of aromatic hydroxyl groups is 1. The molecular formula is C26H29FN4O4. The number of aliphatic imine (C=N–C) groups is 1. The van der Waals surface area contributed by atoms with Crippen LogP contribution in [0.25, 0.3) is 11.8 Å². The van der Waals surface area contributed by atoms with E-state index in [1.165, 1.54) is 24.3 Å². The number of halogens is 1. The van der Waals surface area contributed by atoms with Crippen molar-refractivity contribution < 1.29 is 14.2 Å². The molecule has 0 radical (unpaired) electrons. The molecule has 9 heteroatoms. The number of aromatic amines is 1. The maximum Gasteiger partial charge on any atom is 0.334 e. The zero-order valence-corrected chi connectivity index (χ0v) is 19.9. The third-order valence-electron chi connectivity index (χ3n) is 5.08. The molecule has 0 aliphatic carbocycles. The lowest BCUT2D eigenvalue weighted by Crippen LogP contribution is -2.36. The highest BCUT2D eigenvalue weighted by molar-refractivity contribution is 5.94. The molecule has 1 aromatic heterocycles. The lowest BCUT2D eigenvalue weighted by Gasteiger charge is -2.19. The molecule has 3 aromatic rings. The normalized spacial score (nSPS) is 12.5. The summed E-state index contributed by atoms with van der Waals surface area (Å²) < 4.78 is 20.5. The standard InChI is InChI=1S/C26H29FN4O4/c1-5-22-24(30-26(34)31(25(22)33)20-10-7-9-19(27)13-20)29-17(4)28-14-23(35-15-16(2)3)18-8-6-11-21(32)12-18/h5-13,16,23,32H,1,14-15H2,2-4H3,(H,28,29)(H,30,34). The third kappa shape index (κ3) is 6.54. The maximum absolute atomic E-state index is 13.6. The second-order valence-electron chi connectivity index (χ2n) is 8.41. The van der Waals surface area contributed by atoms with Crippen LogP contribution in [0.1, 0.15) is 38.0 Å². The number of nitrogens with one attached hydrogen (secondary N) is 2. The fourth-order valence-corrected chi connectivity index (χ4v) is 3.42. The fourth-order valence-electron chi connectivity index (χ4n) is 3.42. The molecule has 1 heterocycles. The average molecular weight is 481 g/mol. The van der Waals surface area contributed by atoms with Gasteiger partial charge in [0.25, 0.3) is 5.56 Å². The van der Waals surface area contributed by atoms with Crippen LogP contribution in [0.3, 0.4) is 0 Å². The summed E-state index contributed by atoms with van der Waals surface area (Å²) in [6, 6.07) is 12.0. The number of phenolic OH excluding ortho intramolecular Hbond substituents is 1. The van der Waals surface area contributed by atoms with Crippen LogP contribution in [0, 0.1) is 11.7 Å². The Morgan fingerprint density at radius 2 is 2.00 bits per heavy atom. The number of phenols is 1. The van der Waals surface area contributed by atoms with Crippen molar-refractivity contribution in [2.45, 2.75) is 26.9 Å². The Kier molecular flexibility index (Phi) is 8.38.